The molecule has 2 rings (SSSR count). The third-order valence-corrected chi connectivity index (χ3v) is 2.66. The normalized spacial score (nSPS) is 10.6. The molecule has 20 heavy (non-hydrogen) atoms. The van der Waals surface area contributed by atoms with E-state index in [9.17, 15) is 13.6 Å². The van der Waals surface area contributed by atoms with E-state index in [1.54, 1.807) is 14.0 Å². The number of esters is 1. The van der Waals surface area contributed by atoms with Crippen LogP contribution >= 0.6 is 0 Å². The molecular formula is C13H13F2N3O2. The first-order valence-corrected chi connectivity index (χ1v) is 6.02. The summed E-state index contributed by atoms with van der Waals surface area (Å²) in [5.74, 6) is -2.03. The summed E-state index contributed by atoms with van der Waals surface area (Å²) in [5, 5.41) is 3.93. The van der Waals surface area contributed by atoms with E-state index in [1.807, 2.05) is 0 Å². The Labute approximate surface area is 114 Å². The number of hydrogen-bond donors (Lipinski definition) is 0. The van der Waals surface area contributed by atoms with Crippen molar-refractivity contribution in [2.75, 3.05) is 6.61 Å². The van der Waals surface area contributed by atoms with Gasteiger partial charge in [0.15, 0.2) is 11.6 Å². The largest absolute Gasteiger partial charge is 0.460 e. The standard InChI is InChI=1S/C13H13F2N3O2/c1-3-20-13(19)12-16-11(18(2)17-12)7-8-4-5-9(14)10(15)6-8/h4-6H,3,7H2,1-2H3. The van der Waals surface area contributed by atoms with Crippen LogP contribution < -0.4 is 0 Å². The Morgan fingerprint density at radius 2 is 2.10 bits per heavy atom. The quantitative estimate of drug-likeness (QED) is 0.803. The van der Waals surface area contributed by atoms with Gasteiger partial charge >= 0.3 is 5.97 Å². The van der Waals surface area contributed by atoms with Crippen molar-refractivity contribution in [3.05, 3.63) is 47.0 Å². The average Bonchev–Trinajstić information content (AvgIpc) is 2.76. The highest BCUT2D eigenvalue weighted by atomic mass is 19.2. The zero-order chi connectivity index (χ0) is 14.7. The minimum absolute atomic E-state index is 0.0491. The maximum atomic E-state index is 13.1. The Kier molecular flexibility index (Phi) is 4.07. The summed E-state index contributed by atoms with van der Waals surface area (Å²) in [5.41, 5.74) is 0.537. The molecule has 7 heteroatoms. The van der Waals surface area contributed by atoms with Crippen molar-refractivity contribution in [3.8, 4) is 0 Å². The second-order valence-corrected chi connectivity index (χ2v) is 4.12. The highest BCUT2D eigenvalue weighted by molar-refractivity contribution is 5.84. The van der Waals surface area contributed by atoms with Crippen LogP contribution in [-0.2, 0) is 18.2 Å². The van der Waals surface area contributed by atoms with Crippen molar-refractivity contribution in [3.63, 3.8) is 0 Å². The number of aromatic nitrogens is 3. The molecule has 0 aliphatic carbocycles. The van der Waals surface area contributed by atoms with E-state index < -0.39 is 17.6 Å². The molecule has 1 heterocycles. The first kappa shape index (κ1) is 14.1. The lowest BCUT2D eigenvalue weighted by Crippen LogP contribution is -2.07. The lowest BCUT2D eigenvalue weighted by molar-refractivity contribution is 0.0512. The van der Waals surface area contributed by atoms with Crippen molar-refractivity contribution < 1.29 is 18.3 Å². The number of benzene rings is 1. The molecule has 0 unspecified atom stereocenters. The van der Waals surface area contributed by atoms with Gasteiger partial charge in [-0.3, -0.25) is 4.68 Å². The molecule has 0 saturated carbocycles. The summed E-state index contributed by atoms with van der Waals surface area (Å²) in [6.45, 7) is 1.92. The van der Waals surface area contributed by atoms with E-state index in [0.717, 1.165) is 12.1 Å². The molecular weight excluding hydrogens is 268 g/mol. The highest BCUT2D eigenvalue weighted by Gasteiger charge is 2.16. The van der Waals surface area contributed by atoms with Gasteiger partial charge in [0.25, 0.3) is 5.82 Å². The predicted molar refractivity (Wildman–Crippen MR) is 66.1 cm³/mol. The minimum atomic E-state index is -0.921. The molecule has 0 radical (unpaired) electrons. The zero-order valence-electron chi connectivity index (χ0n) is 11.1. The van der Waals surface area contributed by atoms with Crippen LogP contribution in [0, 0.1) is 11.6 Å². The third kappa shape index (κ3) is 2.98. The zero-order valence-corrected chi connectivity index (χ0v) is 11.1. The first-order chi connectivity index (χ1) is 9.51. The smallest absolute Gasteiger partial charge is 0.378 e. The van der Waals surface area contributed by atoms with E-state index >= 15 is 0 Å². The predicted octanol–water partition coefficient (Wildman–Crippen LogP) is 1.86. The Morgan fingerprint density at radius 1 is 1.35 bits per heavy atom. The Bertz CT molecular complexity index is 641. The van der Waals surface area contributed by atoms with Gasteiger partial charge in [0.1, 0.15) is 5.82 Å². The van der Waals surface area contributed by atoms with Crippen molar-refractivity contribution in [2.45, 2.75) is 13.3 Å². The molecule has 0 fully saturated rings. The van der Waals surface area contributed by atoms with Crippen LogP contribution in [0.2, 0.25) is 0 Å². The maximum Gasteiger partial charge on any atom is 0.378 e. The summed E-state index contributed by atoms with van der Waals surface area (Å²) in [6, 6.07) is 3.60. The SMILES string of the molecule is CCOC(=O)c1nc(Cc2ccc(F)c(F)c2)n(C)n1. The Balaban J connectivity index is 2.21. The number of halogens is 2. The van der Waals surface area contributed by atoms with Crippen molar-refractivity contribution in [1.82, 2.24) is 14.8 Å². The molecule has 0 bridgehead atoms. The lowest BCUT2D eigenvalue weighted by Gasteiger charge is -2.01. The lowest BCUT2D eigenvalue weighted by atomic mass is 10.1. The topological polar surface area (TPSA) is 57.0 Å². The summed E-state index contributed by atoms with van der Waals surface area (Å²) >= 11 is 0. The van der Waals surface area contributed by atoms with Gasteiger partial charge in [0.2, 0.25) is 0 Å². The number of ether oxygens (including phenoxy) is 1. The van der Waals surface area contributed by atoms with Gasteiger partial charge in [0.05, 0.1) is 6.61 Å². The van der Waals surface area contributed by atoms with Gasteiger partial charge in [-0.2, -0.15) is 0 Å². The first-order valence-electron chi connectivity index (χ1n) is 6.02. The van der Waals surface area contributed by atoms with E-state index in [1.165, 1.54) is 10.7 Å². The number of nitrogens with zero attached hydrogens (tertiary/aromatic N) is 3. The molecule has 0 aliphatic heterocycles. The molecule has 0 atom stereocenters. The van der Waals surface area contributed by atoms with Crippen LogP contribution in [0.4, 0.5) is 8.78 Å². The van der Waals surface area contributed by atoms with E-state index in [0.29, 0.717) is 11.4 Å². The number of aryl methyl sites for hydroxylation is 1. The molecule has 106 valence electrons. The number of rotatable bonds is 4. The summed E-state index contributed by atoms with van der Waals surface area (Å²) in [7, 11) is 1.62. The van der Waals surface area contributed by atoms with Gasteiger partial charge in [0, 0.05) is 13.5 Å². The van der Waals surface area contributed by atoms with E-state index in [2.05, 4.69) is 10.1 Å². The third-order valence-electron chi connectivity index (χ3n) is 2.66. The summed E-state index contributed by atoms with van der Waals surface area (Å²) in [6.07, 6.45) is 0.236. The second-order valence-electron chi connectivity index (χ2n) is 4.12. The van der Waals surface area contributed by atoms with Gasteiger partial charge in [-0.05, 0) is 24.6 Å². The molecule has 1 aromatic carbocycles. The average molecular weight is 281 g/mol. The number of carbonyl (C=O) groups is 1. The molecule has 0 aliphatic rings. The van der Waals surface area contributed by atoms with Crippen LogP contribution in [0.1, 0.15) is 28.9 Å². The molecule has 1 aromatic heterocycles. The number of carbonyl (C=O) groups excluding carboxylic acids is 1. The highest BCUT2D eigenvalue weighted by Crippen LogP contribution is 2.12. The molecule has 0 saturated heterocycles. The van der Waals surface area contributed by atoms with Crippen LogP contribution in [0.3, 0.4) is 0 Å². The van der Waals surface area contributed by atoms with Crippen molar-refractivity contribution >= 4 is 5.97 Å². The molecule has 0 amide bonds. The second kappa shape index (κ2) is 5.77. The van der Waals surface area contributed by atoms with Crippen LogP contribution in [0.5, 0.6) is 0 Å². The van der Waals surface area contributed by atoms with Crippen molar-refractivity contribution in [2.24, 2.45) is 7.05 Å². The van der Waals surface area contributed by atoms with Crippen LogP contribution in [0.25, 0.3) is 0 Å². The Morgan fingerprint density at radius 3 is 2.75 bits per heavy atom. The minimum Gasteiger partial charge on any atom is -0.460 e. The summed E-state index contributed by atoms with van der Waals surface area (Å²) in [4.78, 5) is 15.5. The molecule has 2 aromatic rings. The van der Waals surface area contributed by atoms with Crippen LogP contribution in [0.15, 0.2) is 18.2 Å². The fraction of sp³-hybridized carbons (Fsp3) is 0.308. The maximum absolute atomic E-state index is 13.1. The monoisotopic (exact) mass is 281 g/mol. The van der Waals surface area contributed by atoms with Gasteiger partial charge in [-0.25, -0.2) is 18.6 Å². The molecule has 5 nitrogen and oxygen atoms in total. The Hall–Kier alpha value is -2.31. The summed E-state index contributed by atoms with van der Waals surface area (Å²) < 4.78 is 32.2. The van der Waals surface area contributed by atoms with Crippen molar-refractivity contribution in [1.29, 1.82) is 0 Å². The van der Waals surface area contributed by atoms with E-state index in [-0.39, 0.29) is 18.9 Å². The number of hydrogen-bond acceptors (Lipinski definition) is 4. The fourth-order valence-electron chi connectivity index (χ4n) is 1.68. The van der Waals surface area contributed by atoms with Crippen LogP contribution in [-0.4, -0.2) is 27.3 Å². The van der Waals surface area contributed by atoms with Gasteiger partial charge in [-0.15, -0.1) is 5.10 Å². The molecule has 0 spiro atoms. The van der Waals surface area contributed by atoms with Gasteiger partial charge < -0.3 is 4.74 Å². The fourth-order valence-corrected chi connectivity index (χ4v) is 1.68. The molecule has 0 N–H and O–H groups in total. The van der Waals surface area contributed by atoms with Gasteiger partial charge in [-0.1, -0.05) is 6.07 Å². The van der Waals surface area contributed by atoms with E-state index in [4.69, 9.17) is 4.74 Å².